The number of aromatic nitrogens is 3. The fourth-order valence-corrected chi connectivity index (χ4v) is 4.71. The minimum absolute atomic E-state index is 0.242. The van der Waals surface area contributed by atoms with Gasteiger partial charge in [-0.1, -0.05) is 12.1 Å². The molecular weight excluding hydrogens is 402 g/mol. The first-order valence-electron chi connectivity index (χ1n) is 11.4. The Hall–Kier alpha value is -3.35. The maximum atomic E-state index is 12.4. The van der Waals surface area contributed by atoms with Gasteiger partial charge in [0.25, 0.3) is 0 Å². The molecule has 1 N–H and O–H groups in total. The highest BCUT2D eigenvalue weighted by atomic mass is 16.5. The van der Waals surface area contributed by atoms with Crippen LogP contribution in [-0.4, -0.2) is 58.0 Å². The van der Waals surface area contributed by atoms with Gasteiger partial charge in [0.1, 0.15) is 17.9 Å². The van der Waals surface area contributed by atoms with E-state index in [0.717, 1.165) is 64.4 Å². The second-order valence-electron chi connectivity index (χ2n) is 9.20. The van der Waals surface area contributed by atoms with Crippen LogP contribution in [0.25, 0.3) is 27.9 Å². The van der Waals surface area contributed by atoms with Crippen molar-refractivity contribution < 1.29 is 9.53 Å². The highest BCUT2D eigenvalue weighted by Crippen LogP contribution is 2.38. The zero-order chi connectivity index (χ0) is 21.8. The molecule has 32 heavy (non-hydrogen) atoms. The lowest BCUT2D eigenvalue weighted by molar-refractivity contribution is -0.131. The van der Waals surface area contributed by atoms with E-state index in [1.165, 1.54) is 0 Å². The molecule has 0 radical (unpaired) electrons. The van der Waals surface area contributed by atoms with E-state index in [1.807, 2.05) is 11.1 Å². The van der Waals surface area contributed by atoms with Crippen molar-refractivity contribution in [2.45, 2.75) is 32.7 Å². The highest BCUT2D eigenvalue weighted by Gasteiger charge is 2.35. The minimum atomic E-state index is 0.242. The van der Waals surface area contributed by atoms with Crippen LogP contribution in [0.4, 0.5) is 5.69 Å². The standard InChI is InChI=1S/C25H27N5O2/c1-15(2)30-9-10-32-22-6-5-17(11-21(22)30)19-12-26-24-23(19)28-20(13-27-24)18-7-8-29(14-18)25(31)16-3-4-16/h5-7,11-13,15-16H,3-4,8-10,14H2,1-2H3,(H,26,27). The normalized spacial score (nSPS) is 18.2. The van der Waals surface area contributed by atoms with E-state index in [-0.39, 0.29) is 11.8 Å². The molecule has 2 aromatic heterocycles. The van der Waals surface area contributed by atoms with Gasteiger partial charge >= 0.3 is 0 Å². The van der Waals surface area contributed by atoms with Crippen molar-refractivity contribution in [3.05, 3.63) is 42.4 Å². The van der Waals surface area contributed by atoms with Crippen LogP contribution >= 0.6 is 0 Å². The third-order valence-electron chi connectivity index (χ3n) is 6.66. The average Bonchev–Trinajstić information content (AvgIpc) is 3.39. The average molecular weight is 430 g/mol. The van der Waals surface area contributed by atoms with Gasteiger partial charge in [-0.2, -0.15) is 0 Å². The predicted molar refractivity (Wildman–Crippen MR) is 125 cm³/mol. The third-order valence-corrected chi connectivity index (χ3v) is 6.66. The third kappa shape index (κ3) is 3.23. The summed E-state index contributed by atoms with van der Waals surface area (Å²) in [5.74, 6) is 1.45. The Balaban J connectivity index is 1.34. The Morgan fingerprint density at radius 3 is 2.97 bits per heavy atom. The van der Waals surface area contributed by atoms with E-state index >= 15 is 0 Å². The number of hydrogen-bond acceptors (Lipinski definition) is 5. The molecule has 1 aliphatic carbocycles. The fraction of sp³-hybridized carbons (Fsp3) is 0.400. The summed E-state index contributed by atoms with van der Waals surface area (Å²) in [6, 6.07) is 6.73. The Morgan fingerprint density at radius 2 is 2.16 bits per heavy atom. The Kier molecular flexibility index (Phi) is 4.45. The maximum Gasteiger partial charge on any atom is 0.226 e. The van der Waals surface area contributed by atoms with Crippen molar-refractivity contribution in [3.63, 3.8) is 0 Å². The van der Waals surface area contributed by atoms with Gasteiger partial charge in [-0.3, -0.25) is 4.79 Å². The van der Waals surface area contributed by atoms with E-state index in [2.05, 4.69) is 53.0 Å². The number of carbonyl (C=O) groups excluding carboxylic acids is 1. The van der Waals surface area contributed by atoms with Gasteiger partial charge in [-0.15, -0.1) is 0 Å². The van der Waals surface area contributed by atoms with Crippen molar-refractivity contribution in [1.29, 1.82) is 0 Å². The summed E-state index contributed by atoms with van der Waals surface area (Å²) in [7, 11) is 0. The first-order valence-corrected chi connectivity index (χ1v) is 11.4. The summed E-state index contributed by atoms with van der Waals surface area (Å²) < 4.78 is 5.88. The van der Waals surface area contributed by atoms with Crippen molar-refractivity contribution in [3.8, 4) is 16.9 Å². The first-order chi connectivity index (χ1) is 15.6. The van der Waals surface area contributed by atoms with Gasteiger partial charge in [0.05, 0.1) is 24.1 Å². The van der Waals surface area contributed by atoms with E-state index in [9.17, 15) is 4.79 Å². The van der Waals surface area contributed by atoms with E-state index < -0.39 is 0 Å². The summed E-state index contributed by atoms with van der Waals surface area (Å²) in [5.41, 5.74) is 6.76. The van der Waals surface area contributed by atoms with Gasteiger partial charge in [-0.05, 0) is 50.0 Å². The second-order valence-corrected chi connectivity index (χ2v) is 9.20. The highest BCUT2D eigenvalue weighted by molar-refractivity contribution is 5.93. The van der Waals surface area contributed by atoms with Crippen LogP contribution < -0.4 is 9.64 Å². The monoisotopic (exact) mass is 429 g/mol. The Labute approximate surface area is 187 Å². The fourth-order valence-electron chi connectivity index (χ4n) is 4.71. The lowest BCUT2D eigenvalue weighted by atomic mass is 10.0. The van der Waals surface area contributed by atoms with Gasteiger partial charge in [-0.25, -0.2) is 9.97 Å². The number of carbonyl (C=O) groups is 1. The molecule has 0 unspecified atom stereocenters. The molecule has 0 atom stereocenters. The number of H-pyrrole nitrogens is 1. The summed E-state index contributed by atoms with van der Waals surface area (Å²) in [6.45, 7) is 7.29. The van der Waals surface area contributed by atoms with Crippen LogP contribution in [0.2, 0.25) is 0 Å². The molecule has 4 heterocycles. The van der Waals surface area contributed by atoms with Gasteiger partial charge in [0, 0.05) is 36.8 Å². The van der Waals surface area contributed by atoms with Crippen LogP contribution in [0.15, 0.2) is 36.7 Å². The number of nitrogens with zero attached hydrogens (tertiary/aromatic N) is 4. The first kappa shape index (κ1) is 19.3. The number of benzene rings is 1. The zero-order valence-corrected chi connectivity index (χ0v) is 18.5. The molecule has 164 valence electrons. The van der Waals surface area contributed by atoms with Crippen molar-refractivity contribution >= 4 is 28.3 Å². The molecule has 0 saturated heterocycles. The molecule has 0 spiro atoms. The van der Waals surface area contributed by atoms with E-state index in [1.54, 1.807) is 6.20 Å². The summed E-state index contributed by atoms with van der Waals surface area (Å²) >= 11 is 0. The topological polar surface area (TPSA) is 74.3 Å². The molecule has 6 rings (SSSR count). The van der Waals surface area contributed by atoms with Crippen LogP contribution in [-0.2, 0) is 4.79 Å². The molecule has 3 aliphatic rings. The predicted octanol–water partition coefficient (Wildman–Crippen LogP) is 3.87. The summed E-state index contributed by atoms with van der Waals surface area (Å²) in [4.78, 5) is 29.6. The Morgan fingerprint density at radius 1 is 1.28 bits per heavy atom. The molecule has 3 aromatic rings. The van der Waals surface area contributed by atoms with Crippen molar-refractivity contribution in [1.82, 2.24) is 19.9 Å². The molecule has 1 fully saturated rings. The van der Waals surface area contributed by atoms with Gasteiger partial charge < -0.3 is 19.5 Å². The number of amides is 1. The largest absolute Gasteiger partial charge is 0.490 e. The van der Waals surface area contributed by atoms with Crippen LogP contribution in [0, 0.1) is 5.92 Å². The van der Waals surface area contributed by atoms with Crippen molar-refractivity contribution in [2.24, 2.45) is 5.92 Å². The smallest absolute Gasteiger partial charge is 0.226 e. The number of aromatic amines is 1. The summed E-state index contributed by atoms with van der Waals surface area (Å²) in [5, 5.41) is 0. The van der Waals surface area contributed by atoms with Crippen molar-refractivity contribution in [2.75, 3.05) is 31.1 Å². The zero-order valence-electron chi connectivity index (χ0n) is 18.5. The SMILES string of the molecule is CC(C)N1CCOc2ccc(-c3c[nH]c4ncc(C5=CCN(C(=O)C6CC6)C5)nc34)cc21. The number of fused-ring (bicyclic) bond motifs is 2. The lowest BCUT2D eigenvalue weighted by Gasteiger charge is -2.34. The lowest BCUT2D eigenvalue weighted by Crippen LogP contribution is -2.37. The van der Waals surface area contributed by atoms with Crippen LogP contribution in [0.1, 0.15) is 32.4 Å². The van der Waals surface area contributed by atoms with E-state index in [0.29, 0.717) is 25.7 Å². The van der Waals surface area contributed by atoms with Crippen LogP contribution in [0.5, 0.6) is 5.75 Å². The molecule has 2 aliphatic heterocycles. The second kappa shape index (κ2) is 7.36. The molecule has 1 saturated carbocycles. The quantitative estimate of drug-likeness (QED) is 0.682. The number of hydrogen-bond donors (Lipinski definition) is 1. The van der Waals surface area contributed by atoms with E-state index in [4.69, 9.17) is 9.72 Å². The molecule has 0 bridgehead atoms. The minimum Gasteiger partial charge on any atom is -0.490 e. The molecule has 1 amide bonds. The molecule has 7 nitrogen and oxygen atoms in total. The van der Waals surface area contributed by atoms with Gasteiger partial charge in [0.15, 0.2) is 5.65 Å². The summed E-state index contributed by atoms with van der Waals surface area (Å²) in [6.07, 6.45) is 7.96. The maximum absolute atomic E-state index is 12.4. The molecular formula is C25H27N5O2. The number of rotatable bonds is 4. The van der Waals surface area contributed by atoms with Gasteiger partial charge in [0.2, 0.25) is 5.91 Å². The number of ether oxygens (including phenoxy) is 1. The van der Waals surface area contributed by atoms with Crippen LogP contribution in [0.3, 0.4) is 0 Å². The molecule has 7 heteroatoms. The number of anilines is 1. The number of nitrogens with one attached hydrogen (secondary N) is 1. The molecule has 1 aromatic carbocycles. The Bertz CT molecular complexity index is 1240.